The van der Waals surface area contributed by atoms with Gasteiger partial charge in [-0.05, 0) is 58.3 Å². The van der Waals surface area contributed by atoms with Crippen molar-refractivity contribution in [3.05, 3.63) is 0 Å². The van der Waals surface area contributed by atoms with E-state index >= 15 is 0 Å². The standard InChI is InChI=1S/C18H33O8P/c1-5-21-27(19,22-6-2)23-13-11-15-9-7-8-14-10-12-17(3)24-16(20-4)18(14,15)26-25-17/h14-16H,5-13H2,1-4H3/t14-,15+,16+,17-,18-/m1/s1. The summed E-state index contributed by atoms with van der Waals surface area (Å²) in [4.78, 5) is 11.7. The molecule has 1 saturated carbocycles. The lowest BCUT2D eigenvalue weighted by molar-refractivity contribution is -0.554. The number of phosphoric ester groups is 1. The molecule has 1 aliphatic carbocycles. The fourth-order valence-corrected chi connectivity index (χ4v) is 5.88. The van der Waals surface area contributed by atoms with Crippen molar-refractivity contribution in [1.29, 1.82) is 0 Å². The van der Waals surface area contributed by atoms with Crippen LogP contribution in [0.5, 0.6) is 0 Å². The Morgan fingerprint density at radius 3 is 2.48 bits per heavy atom. The second-order valence-corrected chi connectivity index (χ2v) is 9.28. The van der Waals surface area contributed by atoms with Crippen molar-refractivity contribution < 1.29 is 37.4 Å². The molecule has 0 aromatic heterocycles. The smallest absolute Gasteiger partial charge is 0.353 e. The number of fused-ring (bicyclic) bond motifs is 3. The third kappa shape index (κ3) is 4.28. The number of hydrogen-bond acceptors (Lipinski definition) is 8. The summed E-state index contributed by atoms with van der Waals surface area (Å²) in [5.41, 5.74) is -0.673. The summed E-state index contributed by atoms with van der Waals surface area (Å²) in [5.74, 6) is -0.388. The fourth-order valence-electron chi connectivity index (χ4n) is 4.70. The minimum atomic E-state index is -3.52. The van der Waals surface area contributed by atoms with Crippen molar-refractivity contribution in [2.75, 3.05) is 26.9 Å². The lowest BCUT2D eigenvalue weighted by Gasteiger charge is -2.53. The average Bonchev–Trinajstić information content (AvgIpc) is 2.87. The van der Waals surface area contributed by atoms with Crippen LogP contribution < -0.4 is 0 Å². The number of hydrogen-bond donors (Lipinski definition) is 0. The molecule has 8 nitrogen and oxygen atoms in total. The van der Waals surface area contributed by atoms with Crippen molar-refractivity contribution in [3.63, 3.8) is 0 Å². The van der Waals surface area contributed by atoms with E-state index in [2.05, 4.69) is 0 Å². The lowest BCUT2D eigenvalue weighted by atomic mass is 9.65. The topological polar surface area (TPSA) is 81.7 Å². The zero-order chi connectivity index (χ0) is 19.5. The second kappa shape index (κ2) is 8.76. The van der Waals surface area contributed by atoms with Crippen molar-refractivity contribution in [2.45, 2.75) is 77.0 Å². The molecule has 158 valence electrons. The Morgan fingerprint density at radius 2 is 1.81 bits per heavy atom. The highest BCUT2D eigenvalue weighted by Crippen LogP contribution is 2.56. The summed E-state index contributed by atoms with van der Waals surface area (Å²) in [6.45, 7) is 6.19. The molecule has 0 aromatic rings. The van der Waals surface area contributed by atoms with Crippen LogP contribution in [-0.4, -0.2) is 44.6 Å². The van der Waals surface area contributed by atoms with E-state index in [0.717, 1.165) is 32.1 Å². The van der Waals surface area contributed by atoms with E-state index < -0.39 is 25.5 Å². The molecule has 4 rings (SSSR count). The number of rotatable bonds is 9. The van der Waals surface area contributed by atoms with Crippen LogP contribution in [0.1, 0.15) is 59.3 Å². The van der Waals surface area contributed by atoms with Crippen LogP contribution in [0, 0.1) is 11.8 Å². The zero-order valence-electron chi connectivity index (χ0n) is 16.8. The Labute approximate surface area is 161 Å². The summed E-state index contributed by atoms with van der Waals surface area (Å²) < 4.78 is 40.4. The second-order valence-electron chi connectivity index (χ2n) is 7.61. The summed E-state index contributed by atoms with van der Waals surface area (Å²) in [7, 11) is -1.88. The monoisotopic (exact) mass is 408 g/mol. The maximum absolute atomic E-state index is 12.5. The highest BCUT2D eigenvalue weighted by atomic mass is 31.2. The van der Waals surface area contributed by atoms with E-state index in [-0.39, 0.29) is 31.7 Å². The number of phosphoric acid groups is 1. The summed E-state index contributed by atoms with van der Waals surface area (Å²) in [5, 5.41) is 0. The first-order chi connectivity index (χ1) is 12.9. The third-order valence-electron chi connectivity index (χ3n) is 5.92. The Hall–Kier alpha value is -0.0500. The van der Waals surface area contributed by atoms with Crippen LogP contribution in [0.2, 0.25) is 0 Å². The molecule has 0 aromatic carbocycles. The first-order valence-electron chi connectivity index (χ1n) is 10.0. The molecule has 3 aliphatic heterocycles. The first kappa shape index (κ1) is 21.7. The predicted molar refractivity (Wildman–Crippen MR) is 96.7 cm³/mol. The Bertz CT molecular complexity index is 535. The van der Waals surface area contributed by atoms with E-state index in [1.165, 1.54) is 0 Å². The van der Waals surface area contributed by atoms with Gasteiger partial charge in [0.15, 0.2) is 11.9 Å². The molecule has 3 saturated heterocycles. The molecule has 0 amide bonds. The van der Waals surface area contributed by atoms with E-state index in [4.69, 9.17) is 32.8 Å². The maximum atomic E-state index is 12.5. The van der Waals surface area contributed by atoms with Gasteiger partial charge in [-0.25, -0.2) is 14.3 Å². The first-order valence-corrected chi connectivity index (χ1v) is 11.5. The molecule has 9 heteroatoms. The van der Waals surface area contributed by atoms with E-state index in [0.29, 0.717) is 6.42 Å². The molecule has 27 heavy (non-hydrogen) atoms. The van der Waals surface area contributed by atoms with Crippen LogP contribution in [0.3, 0.4) is 0 Å². The third-order valence-corrected chi connectivity index (χ3v) is 7.57. The minimum Gasteiger partial charge on any atom is -0.353 e. The Morgan fingerprint density at radius 1 is 1.07 bits per heavy atom. The molecule has 0 radical (unpaired) electrons. The van der Waals surface area contributed by atoms with Gasteiger partial charge in [-0.15, -0.1) is 0 Å². The zero-order valence-corrected chi connectivity index (χ0v) is 17.7. The van der Waals surface area contributed by atoms with Crippen LogP contribution >= 0.6 is 7.82 Å². The molecular formula is C18H33O8P. The molecule has 3 heterocycles. The molecule has 2 bridgehead atoms. The van der Waals surface area contributed by atoms with Crippen molar-refractivity contribution in [2.24, 2.45) is 11.8 Å². The van der Waals surface area contributed by atoms with Crippen LogP contribution in [-0.2, 0) is 37.4 Å². The SMILES string of the molecule is CCOP(=O)(OCC)OCC[C@@H]1CCC[C@@H]2CC[C@@]3(C)OO[C@]21[C@@H](OC)O3. The van der Waals surface area contributed by atoms with Gasteiger partial charge in [0.1, 0.15) is 0 Å². The highest BCUT2D eigenvalue weighted by Gasteiger charge is 2.63. The van der Waals surface area contributed by atoms with Crippen LogP contribution in [0.4, 0.5) is 0 Å². The minimum absolute atomic E-state index is 0.0977. The molecular weight excluding hydrogens is 375 g/mol. The lowest BCUT2D eigenvalue weighted by Crippen LogP contribution is -2.63. The fraction of sp³-hybridized carbons (Fsp3) is 1.00. The van der Waals surface area contributed by atoms with Gasteiger partial charge in [0, 0.05) is 13.5 Å². The van der Waals surface area contributed by atoms with Gasteiger partial charge in [-0.2, -0.15) is 0 Å². The van der Waals surface area contributed by atoms with E-state index in [1.807, 2.05) is 6.92 Å². The van der Waals surface area contributed by atoms with Crippen LogP contribution in [0.15, 0.2) is 0 Å². The Kier molecular flexibility index (Phi) is 7.02. The summed E-state index contributed by atoms with van der Waals surface area (Å²) in [6.07, 6.45) is 4.95. The molecule has 0 N–H and O–H groups in total. The molecule has 1 spiro atoms. The maximum Gasteiger partial charge on any atom is 0.474 e. The van der Waals surface area contributed by atoms with Crippen LogP contribution in [0.25, 0.3) is 0 Å². The molecule has 4 fully saturated rings. The van der Waals surface area contributed by atoms with Gasteiger partial charge in [0.05, 0.1) is 19.8 Å². The number of ether oxygens (including phenoxy) is 2. The van der Waals surface area contributed by atoms with Crippen molar-refractivity contribution in [3.8, 4) is 0 Å². The molecule has 5 atom stereocenters. The van der Waals surface area contributed by atoms with Gasteiger partial charge < -0.3 is 9.47 Å². The average molecular weight is 408 g/mol. The van der Waals surface area contributed by atoms with Gasteiger partial charge >= 0.3 is 7.82 Å². The van der Waals surface area contributed by atoms with Crippen molar-refractivity contribution in [1.82, 2.24) is 0 Å². The predicted octanol–water partition coefficient (Wildman–Crippen LogP) is 4.19. The quantitative estimate of drug-likeness (QED) is 0.415. The van der Waals surface area contributed by atoms with E-state index in [1.54, 1.807) is 21.0 Å². The largest absolute Gasteiger partial charge is 0.474 e. The number of methoxy groups -OCH3 is 1. The van der Waals surface area contributed by atoms with E-state index in [9.17, 15) is 4.57 Å². The molecule has 4 aliphatic rings. The normalized spacial score (nSPS) is 39.2. The summed E-state index contributed by atoms with van der Waals surface area (Å²) >= 11 is 0. The van der Waals surface area contributed by atoms with Gasteiger partial charge in [0.2, 0.25) is 5.79 Å². The van der Waals surface area contributed by atoms with Gasteiger partial charge in [-0.3, -0.25) is 13.6 Å². The Balaban J connectivity index is 1.72. The molecule has 0 unspecified atom stereocenters. The van der Waals surface area contributed by atoms with Gasteiger partial charge in [0.25, 0.3) is 0 Å². The van der Waals surface area contributed by atoms with Crippen molar-refractivity contribution >= 4 is 7.82 Å². The van der Waals surface area contributed by atoms with Gasteiger partial charge in [-0.1, -0.05) is 6.42 Å². The highest BCUT2D eigenvalue weighted by molar-refractivity contribution is 7.48. The summed E-state index contributed by atoms with van der Waals surface area (Å²) in [6, 6.07) is 0.